The van der Waals surface area contributed by atoms with E-state index in [0.717, 1.165) is 0 Å². The van der Waals surface area contributed by atoms with E-state index >= 15 is 0 Å². The molecule has 0 atom stereocenters. The van der Waals surface area contributed by atoms with E-state index in [1.807, 2.05) is 20.8 Å². The molecule has 0 heterocycles. The second-order valence-corrected chi connectivity index (χ2v) is 4.50. The van der Waals surface area contributed by atoms with Crippen molar-refractivity contribution in [1.82, 2.24) is 0 Å². The summed E-state index contributed by atoms with van der Waals surface area (Å²) in [6.45, 7) is 5.48. The molecule has 0 aromatic heterocycles. The average molecular weight is 210 g/mol. The summed E-state index contributed by atoms with van der Waals surface area (Å²) in [5.74, 6) is -1.05. The number of primary amides is 1. The fraction of sp³-hybridized carbons (Fsp3) is 0.364. The van der Waals surface area contributed by atoms with Gasteiger partial charge in [-0.25, -0.2) is 4.39 Å². The molecule has 0 saturated heterocycles. The van der Waals surface area contributed by atoms with E-state index < -0.39 is 17.1 Å². The Balaban J connectivity index is 3.51. The maximum atomic E-state index is 13.6. The SMILES string of the molecule is CC(C)(C)c1c(F)ccc(C(N)=O)c1N. The van der Waals surface area contributed by atoms with Crippen molar-refractivity contribution in [3.63, 3.8) is 0 Å². The van der Waals surface area contributed by atoms with E-state index in [1.165, 1.54) is 12.1 Å². The van der Waals surface area contributed by atoms with Crippen molar-refractivity contribution >= 4 is 11.6 Å². The molecule has 0 bridgehead atoms. The van der Waals surface area contributed by atoms with E-state index in [9.17, 15) is 9.18 Å². The number of hydrogen-bond acceptors (Lipinski definition) is 2. The highest BCUT2D eigenvalue weighted by atomic mass is 19.1. The summed E-state index contributed by atoms with van der Waals surface area (Å²) in [4.78, 5) is 11.0. The maximum absolute atomic E-state index is 13.6. The fourth-order valence-electron chi connectivity index (χ4n) is 1.57. The first kappa shape index (κ1) is 11.5. The standard InChI is InChI=1S/C11H15FN2O/c1-11(2,3)8-7(12)5-4-6(9(8)13)10(14)15/h4-5H,13H2,1-3H3,(H2,14,15). The number of amides is 1. The Bertz CT molecular complexity index is 408. The lowest BCUT2D eigenvalue weighted by Gasteiger charge is -2.22. The predicted molar refractivity (Wildman–Crippen MR) is 58.0 cm³/mol. The first-order valence-corrected chi connectivity index (χ1v) is 4.63. The third-order valence-electron chi connectivity index (χ3n) is 2.21. The van der Waals surface area contributed by atoms with Crippen LogP contribution in [0.4, 0.5) is 10.1 Å². The van der Waals surface area contributed by atoms with Gasteiger partial charge in [-0.05, 0) is 17.5 Å². The van der Waals surface area contributed by atoms with Gasteiger partial charge in [0.1, 0.15) is 5.82 Å². The van der Waals surface area contributed by atoms with E-state index in [1.54, 1.807) is 0 Å². The molecule has 15 heavy (non-hydrogen) atoms. The number of hydrogen-bond donors (Lipinski definition) is 2. The van der Waals surface area contributed by atoms with E-state index in [-0.39, 0.29) is 11.3 Å². The fourth-order valence-corrected chi connectivity index (χ4v) is 1.57. The van der Waals surface area contributed by atoms with Crippen molar-refractivity contribution in [3.8, 4) is 0 Å². The number of carbonyl (C=O) groups excluding carboxylic acids is 1. The Hall–Kier alpha value is -1.58. The number of nitrogens with two attached hydrogens (primary N) is 2. The van der Waals surface area contributed by atoms with Crippen LogP contribution in [0.2, 0.25) is 0 Å². The molecule has 3 nitrogen and oxygen atoms in total. The molecule has 0 spiro atoms. The molecule has 82 valence electrons. The molecule has 1 rings (SSSR count). The van der Waals surface area contributed by atoms with Crippen LogP contribution in [0.1, 0.15) is 36.7 Å². The molecule has 0 aliphatic carbocycles. The average Bonchev–Trinajstić information content (AvgIpc) is 2.00. The molecule has 0 aliphatic heterocycles. The van der Waals surface area contributed by atoms with E-state index in [4.69, 9.17) is 11.5 Å². The van der Waals surface area contributed by atoms with Gasteiger partial charge in [0, 0.05) is 5.56 Å². The minimum Gasteiger partial charge on any atom is -0.398 e. The first-order valence-electron chi connectivity index (χ1n) is 4.63. The van der Waals surface area contributed by atoms with Crippen molar-refractivity contribution in [3.05, 3.63) is 29.1 Å². The number of anilines is 1. The second kappa shape index (κ2) is 3.53. The number of nitrogen functional groups attached to an aromatic ring is 1. The predicted octanol–water partition coefficient (Wildman–Crippen LogP) is 1.80. The molecule has 4 N–H and O–H groups in total. The molecule has 4 heteroatoms. The summed E-state index contributed by atoms with van der Waals surface area (Å²) in [6.07, 6.45) is 0. The van der Waals surface area contributed by atoms with Crippen LogP contribution in [-0.4, -0.2) is 5.91 Å². The molecule has 1 aromatic carbocycles. The highest BCUT2D eigenvalue weighted by Crippen LogP contribution is 2.32. The van der Waals surface area contributed by atoms with Gasteiger partial charge in [-0.1, -0.05) is 20.8 Å². The molecular formula is C11H15FN2O. The topological polar surface area (TPSA) is 69.1 Å². The van der Waals surface area contributed by atoms with Gasteiger partial charge in [0.2, 0.25) is 0 Å². The van der Waals surface area contributed by atoms with Crippen LogP contribution in [0.3, 0.4) is 0 Å². The van der Waals surface area contributed by atoms with Crippen molar-refractivity contribution in [2.75, 3.05) is 5.73 Å². The van der Waals surface area contributed by atoms with Crippen LogP contribution < -0.4 is 11.5 Å². The Labute approximate surface area is 88.3 Å². The van der Waals surface area contributed by atoms with Crippen molar-refractivity contribution in [1.29, 1.82) is 0 Å². The second-order valence-electron chi connectivity index (χ2n) is 4.50. The molecule has 0 fully saturated rings. The zero-order chi connectivity index (χ0) is 11.8. The summed E-state index contributed by atoms with van der Waals surface area (Å²) in [6, 6.07) is 2.53. The lowest BCUT2D eigenvalue weighted by molar-refractivity contribution is 0.100. The normalized spacial score (nSPS) is 11.5. The van der Waals surface area contributed by atoms with E-state index in [0.29, 0.717) is 5.56 Å². The molecule has 1 aromatic rings. The number of halogens is 1. The van der Waals surface area contributed by atoms with Gasteiger partial charge >= 0.3 is 0 Å². The van der Waals surface area contributed by atoms with Gasteiger partial charge in [-0.2, -0.15) is 0 Å². The number of carbonyl (C=O) groups is 1. The summed E-state index contributed by atoms with van der Waals surface area (Å²) in [5, 5.41) is 0. The number of benzene rings is 1. The third-order valence-corrected chi connectivity index (χ3v) is 2.21. The van der Waals surface area contributed by atoms with Gasteiger partial charge in [0.05, 0.1) is 11.3 Å². The monoisotopic (exact) mass is 210 g/mol. The minimum atomic E-state index is -0.641. The number of rotatable bonds is 1. The Morgan fingerprint density at radius 2 is 1.87 bits per heavy atom. The van der Waals surface area contributed by atoms with Crippen molar-refractivity contribution in [2.45, 2.75) is 26.2 Å². The quantitative estimate of drug-likeness (QED) is 0.694. The van der Waals surface area contributed by atoms with Crippen LogP contribution >= 0.6 is 0 Å². The van der Waals surface area contributed by atoms with Crippen LogP contribution in [0, 0.1) is 5.82 Å². The minimum absolute atomic E-state index is 0.134. The van der Waals surface area contributed by atoms with Gasteiger partial charge in [-0.3, -0.25) is 4.79 Å². The van der Waals surface area contributed by atoms with Gasteiger partial charge in [-0.15, -0.1) is 0 Å². The highest BCUT2D eigenvalue weighted by Gasteiger charge is 2.24. The lowest BCUT2D eigenvalue weighted by atomic mass is 9.84. The Morgan fingerprint density at radius 3 is 2.27 bits per heavy atom. The molecule has 0 saturated carbocycles. The van der Waals surface area contributed by atoms with Crippen LogP contribution in [0.15, 0.2) is 12.1 Å². The molecule has 0 aliphatic rings. The third kappa shape index (κ3) is 2.09. The first-order chi connectivity index (χ1) is 6.75. The smallest absolute Gasteiger partial charge is 0.250 e. The maximum Gasteiger partial charge on any atom is 0.250 e. The summed E-state index contributed by atoms with van der Waals surface area (Å²) in [5.41, 5.74) is 11.0. The molecular weight excluding hydrogens is 195 g/mol. The van der Waals surface area contributed by atoms with Crippen molar-refractivity contribution < 1.29 is 9.18 Å². The molecule has 0 unspecified atom stereocenters. The summed E-state index contributed by atoms with van der Waals surface area (Å²) >= 11 is 0. The molecule has 0 radical (unpaired) electrons. The zero-order valence-corrected chi connectivity index (χ0v) is 9.10. The van der Waals surface area contributed by atoms with Gasteiger partial charge < -0.3 is 11.5 Å². The summed E-state index contributed by atoms with van der Waals surface area (Å²) in [7, 11) is 0. The largest absolute Gasteiger partial charge is 0.398 e. The lowest BCUT2D eigenvalue weighted by Crippen LogP contribution is -2.21. The molecule has 1 amide bonds. The Kier molecular flexibility index (Phi) is 2.71. The zero-order valence-electron chi connectivity index (χ0n) is 9.10. The highest BCUT2D eigenvalue weighted by molar-refractivity contribution is 5.98. The van der Waals surface area contributed by atoms with Crippen molar-refractivity contribution in [2.24, 2.45) is 5.73 Å². The summed E-state index contributed by atoms with van der Waals surface area (Å²) < 4.78 is 13.6. The van der Waals surface area contributed by atoms with Crippen LogP contribution in [0.25, 0.3) is 0 Å². The van der Waals surface area contributed by atoms with Crippen LogP contribution in [-0.2, 0) is 5.41 Å². The van der Waals surface area contributed by atoms with E-state index in [2.05, 4.69) is 0 Å². The Morgan fingerprint density at radius 1 is 1.33 bits per heavy atom. The van der Waals surface area contributed by atoms with Gasteiger partial charge in [0.25, 0.3) is 5.91 Å². The van der Waals surface area contributed by atoms with Crippen LogP contribution in [0.5, 0.6) is 0 Å². The van der Waals surface area contributed by atoms with Gasteiger partial charge in [0.15, 0.2) is 0 Å².